The van der Waals surface area contributed by atoms with Crippen molar-refractivity contribution in [2.45, 2.75) is 38.6 Å². The van der Waals surface area contributed by atoms with Crippen LogP contribution in [0, 0.1) is 11.8 Å². The van der Waals surface area contributed by atoms with Gasteiger partial charge in [-0.15, -0.1) is 5.06 Å². The first-order chi connectivity index (χ1) is 21.4. The SMILES string of the molecule is O=C(CCOCCOCCOCCC(=O)ON1C(=O)CCC1=O)NCCC(=O)N1Cc2ccccc2C#Cc2ccccc21. The van der Waals surface area contributed by atoms with Crippen molar-refractivity contribution in [1.29, 1.82) is 0 Å². The molecule has 12 heteroatoms. The lowest BCUT2D eigenvalue weighted by Crippen LogP contribution is -2.35. The predicted octanol–water partition coefficient (Wildman–Crippen LogP) is 1.88. The van der Waals surface area contributed by atoms with Gasteiger partial charge in [0.15, 0.2) is 0 Å². The smallest absolute Gasteiger partial charge is 0.335 e. The molecule has 0 aromatic heterocycles. The van der Waals surface area contributed by atoms with Gasteiger partial charge in [-0.2, -0.15) is 0 Å². The first kappa shape index (κ1) is 32.3. The van der Waals surface area contributed by atoms with E-state index in [0.717, 1.165) is 22.4 Å². The molecule has 4 rings (SSSR count). The van der Waals surface area contributed by atoms with Crippen molar-refractivity contribution in [1.82, 2.24) is 10.4 Å². The van der Waals surface area contributed by atoms with Gasteiger partial charge in [-0.1, -0.05) is 42.2 Å². The van der Waals surface area contributed by atoms with Crippen LogP contribution in [0.2, 0.25) is 0 Å². The van der Waals surface area contributed by atoms with Crippen molar-refractivity contribution in [2.24, 2.45) is 0 Å². The summed E-state index contributed by atoms with van der Waals surface area (Å²) in [5, 5.41) is 3.28. The number of nitrogens with zero attached hydrogens (tertiary/aromatic N) is 2. The van der Waals surface area contributed by atoms with Gasteiger partial charge in [0.05, 0.1) is 58.3 Å². The normalized spacial score (nSPS) is 13.7. The van der Waals surface area contributed by atoms with Gasteiger partial charge in [-0.3, -0.25) is 19.2 Å². The van der Waals surface area contributed by atoms with E-state index in [1.807, 2.05) is 48.5 Å². The highest BCUT2D eigenvalue weighted by atomic mass is 16.7. The predicted molar refractivity (Wildman–Crippen MR) is 157 cm³/mol. The van der Waals surface area contributed by atoms with E-state index in [1.165, 1.54) is 0 Å². The number of anilines is 1. The van der Waals surface area contributed by atoms with E-state index in [0.29, 0.717) is 18.2 Å². The van der Waals surface area contributed by atoms with Crippen molar-refractivity contribution in [3.63, 3.8) is 0 Å². The van der Waals surface area contributed by atoms with Crippen LogP contribution < -0.4 is 10.2 Å². The Morgan fingerprint density at radius 1 is 0.727 bits per heavy atom. The Labute approximate surface area is 255 Å². The summed E-state index contributed by atoms with van der Waals surface area (Å²) in [6, 6.07) is 15.3. The first-order valence-electron chi connectivity index (χ1n) is 14.5. The van der Waals surface area contributed by atoms with Gasteiger partial charge in [0.2, 0.25) is 11.8 Å². The number of hydrogen-bond acceptors (Lipinski definition) is 9. The zero-order valence-electron chi connectivity index (χ0n) is 24.4. The molecule has 2 aromatic rings. The van der Waals surface area contributed by atoms with Crippen LogP contribution in [-0.4, -0.2) is 80.8 Å². The van der Waals surface area contributed by atoms with E-state index >= 15 is 0 Å². The molecule has 1 N–H and O–H groups in total. The lowest BCUT2D eigenvalue weighted by atomic mass is 10.0. The van der Waals surface area contributed by atoms with Gasteiger partial charge >= 0.3 is 5.97 Å². The number of benzene rings is 2. The van der Waals surface area contributed by atoms with Crippen LogP contribution in [0.1, 0.15) is 48.8 Å². The second-order valence-corrected chi connectivity index (χ2v) is 9.89. The molecule has 2 heterocycles. The molecule has 232 valence electrons. The molecule has 44 heavy (non-hydrogen) atoms. The van der Waals surface area contributed by atoms with E-state index in [1.54, 1.807) is 4.90 Å². The summed E-state index contributed by atoms with van der Waals surface area (Å²) in [5.41, 5.74) is 3.39. The fourth-order valence-corrected chi connectivity index (χ4v) is 4.41. The topological polar surface area (TPSA) is 141 Å². The average Bonchev–Trinajstić information content (AvgIpc) is 3.33. The highest BCUT2D eigenvalue weighted by Crippen LogP contribution is 2.25. The lowest BCUT2D eigenvalue weighted by molar-refractivity contribution is -0.198. The molecule has 0 radical (unpaired) electrons. The third-order valence-corrected chi connectivity index (χ3v) is 6.70. The summed E-state index contributed by atoms with van der Waals surface area (Å²) in [5.74, 6) is 4.27. The number of rotatable bonds is 16. The molecule has 0 spiro atoms. The second kappa shape index (κ2) is 16.9. The summed E-state index contributed by atoms with van der Waals surface area (Å²) in [6.45, 7) is 1.96. The van der Waals surface area contributed by atoms with Gasteiger partial charge in [-0.05, 0) is 23.8 Å². The van der Waals surface area contributed by atoms with E-state index in [9.17, 15) is 24.0 Å². The number of hydroxylamine groups is 2. The molecule has 2 aliphatic heterocycles. The molecule has 0 saturated carbocycles. The van der Waals surface area contributed by atoms with Gasteiger partial charge in [0.1, 0.15) is 0 Å². The fourth-order valence-electron chi connectivity index (χ4n) is 4.41. The molecular weight excluding hydrogens is 570 g/mol. The second-order valence-electron chi connectivity index (χ2n) is 9.89. The zero-order valence-corrected chi connectivity index (χ0v) is 24.4. The summed E-state index contributed by atoms with van der Waals surface area (Å²) >= 11 is 0. The molecule has 0 unspecified atom stereocenters. The maximum Gasteiger partial charge on any atom is 0.335 e. The van der Waals surface area contributed by atoms with Crippen LogP contribution in [0.3, 0.4) is 0 Å². The van der Waals surface area contributed by atoms with Gasteiger partial charge in [-0.25, -0.2) is 4.79 Å². The number of ether oxygens (including phenoxy) is 3. The van der Waals surface area contributed by atoms with Crippen LogP contribution in [0.4, 0.5) is 5.69 Å². The Bertz CT molecular complexity index is 1400. The first-order valence-corrected chi connectivity index (χ1v) is 14.5. The van der Waals surface area contributed by atoms with Crippen LogP contribution in [0.5, 0.6) is 0 Å². The average molecular weight is 606 g/mol. The van der Waals surface area contributed by atoms with Crippen molar-refractivity contribution in [3.05, 3.63) is 65.2 Å². The minimum absolute atomic E-state index is 0.0431. The Hall–Kier alpha value is -4.57. The van der Waals surface area contributed by atoms with Gasteiger partial charge < -0.3 is 29.3 Å². The van der Waals surface area contributed by atoms with Crippen molar-refractivity contribution < 1.29 is 43.0 Å². The largest absolute Gasteiger partial charge is 0.379 e. The minimum Gasteiger partial charge on any atom is -0.379 e. The summed E-state index contributed by atoms with van der Waals surface area (Å²) < 4.78 is 16.1. The Kier molecular flexibility index (Phi) is 12.4. The number of carbonyl (C=O) groups is 5. The van der Waals surface area contributed by atoms with Gasteiger partial charge in [0, 0.05) is 43.4 Å². The van der Waals surface area contributed by atoms with Crippen molar-refractivity contribution in [2.75, 3.05) is 51.1 Å². The van der Waals surface area contributed by atoms with Crippen LogP contribution >= 0.6 is 0 Å². The molecule has 2 aromatic carbocycles. The van der Waals surface area contributed by atoms with Crippen LogP contribution in [0.15, 0.2) is 48.5 Å². The Morgan fingerprint density at radius 3 is 2.05 bits per heavy atom. The molecule has 1 saturated heterocycles. The van der Waals surface area contributed by atoms with Crippen LogP contribution in [-0.2, 0) is 49.6 Å². The lowest BCUT2D eigenvalue weighted by Gasteiger charge is -2.26. The number of hydrogen-bond donors (Lipinski definition) is 1. The molecule has 4 amide bonds. The highest BCUT2D eigenvalue weighted by molar-refractivity contribution is 6.01. The van der Waals surface area contributed by atoms with E-state index in [2.05, 4.69) is 17.2 Å². The number of amides is 4. The molecule has 2 aliphatic rings. The molecule has 0 atom stereocenters. The van der Waals surface area contributed by atoms with E-state index in [4.69, 9.17) is 19.0 Å². The fraction of sp³-hybridized carbons (Fsp3) is 0.406. The quantitative estimate of drug-likeness (QED) is 0.173. The standard InChI is InChI=1S/C32H35N3O9/c36-28(14-17-41-19-21-43-22-20-42-18-15-32(40)44-35-30(38)11-12-31(35)39)33-16-13-29(37)34-23-26-7-2-1-5-24(26)9-10-25-6-3-4-8-27(25)34/h1-8H,11-23H2,(H,33,36). The van der Waals surface area contributed by atoms with E-state index in [-0.39, 0.29) is 83.5 Å². The minimum atomic E-state index is -0.724. The maximum atomic E-state index is 13.2. The third-order valence-electron chi connectivity index (χ3n) is 6.70. The molecule has 0 bridgehead atoms. The summed E-state index contributed by atoms with van der Waals surface area (Å²) in [6.07, 6.45) is 0.276. The number of fused-ring (bicyclic) bond motifs is 2. The number of para-hydroxylation sites is 1. The van der Waals surface area contributed by atoms with Crippen LogP contribution in [0.25, 0.3) is 0 Å². The summed E-state index contributed by atoms with van der Waals surface area (Å²) in [7, 11) is 0. The van der Waals surface area contributed by atoms with Crippen molar-refractivity contribution in [3.8, 4) is 11.8 Å². The molecule has 12 nitrogen and oxygen atoms in total. The van der Waals surface area contributed by atoms with E-state index < -0.39 is 17.8 Å². The maximum absolute atomic E-state index is 13.2. The number of carbonyl (C=O) groups excluding carboxylic acids is 5. The highest BCUT2D eigenvalue weighted by Gasteiger charge is 2.32. The molecular formula is C32H35N3O9. The zero-order chi connectivity index (χ0) is 31.1. The Balaban J connectivity index is 1.02. The van der Waals surface area contributed by atoms with Gasteiger partial charge in [0.25, 0.3) is 11.8 Å². The van der Waals surface area contributed by atoms with Crippen molar-refractivity contribution >= 4 is 35.3 Å². The summed E-state index contributed by atoms with van der Waals surface area (Å²) in [4.78, 5) is 66.4. The monoisotopic (exact) mass is 605 g/mol. The number of nitrogens with one attached hydrogen (secondary N) is 1. The Morgan fingerprint density at radius 2 is 1.32 bits per heavy atom. The third kappa shape index (κ3) is 9.74. The molecule has 1 fully saturated rings. The molecule has 0 aliphatic carbocycles. The number of imide groups is 1.